The molecule has 0 bridgehead atoms. The maximum atomic E-state index is 12.0. The van der Waals surface area contributed by atoms with Gasteiger partial charge in [0.25, 0.3) is 0 Å². The molecular weight excluding hydrogens is 270 g/mol. The highest BCUT2D eigenvalue weighted by atomic mass is 32.2. The largest absolute Gasteiger partial charge is 0.508 e. The quantitative estimate of drug-likeness (QED) is 0.813. The van der Waals surface area contributed by atoms with Gasteiger partial charge in [0.05, 0.1) is 13.2 Å². The van der Waals surface area contributed by atoms with E-state index in [1.165, 1.54) is 13.1 Å². The van der Waals surface area contributed by atoms with Gasteiger partial charge in [-0.15, -0.1) is 0 Å². The number of phenols is 1. The normalized spacial score (nSPS) is 13.3. The van der Waals surface area contributed by atoms with E-state index in [-0.39, 0.29) is 5.75 Å². The third kappa shape index (κ3) is 3.68. The van der Waals surface area contributed by atoms with Crippen molar-refractivity contribution in [1.29, 1.82) is 0 Å². The Morgan fingerprint density at radius 2 is 2.00 bits per heavy atom. The lowest BCUT2D eigenvalue weighted by atomic mass is 10.1. The van der Waals surface area contributed by atoms with Crippen LogP contribution in [0.2, 0.25) is 0 Å². The number of benzene rings is 1. The van der Waals surface area contributed by atoms with Gasteiger partial charge in [0, 0.05) is 12.6 Å². The number of aromatic hydroxyl groups is 1. The van der Waals surface area contributed by atoms with Crippen molar-refractivity contribution in [3.05, 3.63) is 29.8 Å². The van der Waals surface area contributed by atoms with Gasteiger partial charge in [-0.05, 0) is 13.0 Å². The maximum Gasteiger partial charge on any atom is 0.322 e. The van der Waals surface area contributed by atoms with Crippen LogP contribution in [0, 0.1) is 0 Å². The molecule has 1 atom stereocenters. The zero-order valence-corrected chi connectivity index (χ0v) is 11.8. The van der Waals surface area contributed by atoms with Crippen LogP contribution < -0.4 is 0 Å². The Hall–Kier alpha value is -1.60. The summed E-state index contributed by atoms with van der Waals surface area (Å²) in [6, 6.07) is 5.87. The Labute approximate surface area is 112 Å². The summed E-state index contributed by atoms with van der Waals surface area (Å²) in [6.45, 7) is 1.63. The zero-order valence-electron chi connectivity index (χ0n) is 11.0. The Morgan fingerprint density at radius 1 is 1.42 bits per heavy atom. The third-order valence-electron chi connectivity index (χ3n) is 2.90. The molecule has 6 nitrogen and oxygen atoms in total. The Bertz CT molecular complexity index is 555. The minimum atomic E-state index is -3.79. The topological polar surface area (TPSA) is 83.9 Å². The zero-order chi connectivity index (χ0) is 14.6. The fraction of sp³-hybridized carbons (Fsp3) is 0.417. The van der Waals surface area contributed by atoms with E-state index in [0.29, 0.717) is 5.56 Å². The summed E-state index contributed by atoms with van der Waals surface area (Å²) in [6.07, 6.45) is 0. The fourth-order valence-corrected chi connectivity index (χ4v) is 2.80. The van der Waals surface area contributed by atoms with Crippen LogP contribution >= 0.6 is 0 Å². The second kappa shape index (κ2) is 6.03. The highest BCUT2D eigenvalue weighted by Gasteiger charge is 2.28. The molecule has 1 unspecified atom stereocenters. The van der Waals surface area contributed by atoms with Gasteiger partial charge in [0.15, 0.2) is 5.75 Å². The second-order valence-electron chi connectivity index (χ2n) is 4.08. The first-order valence-corrected chi connectivity index (χ1v) is 7.21. The number of carbonyl (C=O) groups is 1. The molecule has 1 rings (SSSR count). The molecule has 19 heavy (non-hydrogen) atoms. The van der Waals surface area contributed by atoms with E-state index in [2.05, 4.69) is 4.74 Å². The number of rotatable bonds is 5. The van der Waals surface area contributed by atoms with E-state index >= 15 is 0 Å². The summed E-state index contributed by atoms with van der Waals surface area (Å²) in [5, 5.41) is 9.71. The number of ether oxygens (including phenoxy) is 1. The summed E-state index contributed by atoms with van der Waals surface area (Å²) in [7, 11) is -1.30. The average molecular weight is 287 g/mol. The maximum absolute atomic E-state index is 12.0. The molecule has 0 spiro atoms. The number of hydrogen-bond donors (Lipinski definition) is 1. The van der Waals surface area contributed by atoms with Gasteiger partial charge in [0.2, 0.25) is 10.0 Å². The fourth-order valence-electron chi connectivity index (χ4n) is 1.59. The molecule has 0 amide bonds. The first-order valence-electron chi connectivity index (χ1n) is 5.60. The predicted octanol–water partition coefficient (Wildman–Crippen LogP) is 0.888. The van der Waals surface area contributed by atoms with Gasteiger partial charge in [-0.3, -0.25) is 4.79 Å². The van der Waals surface area contributed by atoms with Crippen LogP contribution in [-0.2, 0) is 19.6 Å². The second-order valence-corrected chi connectivity index (χ2v) is 6.11. The van der Waals surface area contributed by atoms with Crippen LogP contribution in [0.4, 0.5) is 0 Å². The summed E-state index contributed by atoms with van der Waals surface area (Å²) >= 11 is 0. The molecule has 0 aliphatic heterocycles. The van der Waals surface area contributed by atoms with Crippen molar-refractivity contribution in [2.45, 2.75) is 13.0 Å². The van der Waals surface area contributed by atoms with Gasteiger partial charge in [0.1, 0.15) is 5.75 Å². The molecule has 0 radical (unpaired) electrons. The van der Waals surface area contributed by atoms with E-state index in [9.17, 15) is 18.3 Å². The van der Waals surface area contributed by atoms with E-state index < -0.39 is 27.8 Å². The van der Waals surface area contributed by atoms with Crippen molar-refractivity contribution in [2.24, 2.45) is 0 Å². The van der Waals surface area contributed by atoms with Crippen LogP contribution in [0.1, 0.15) is 18.5 Å². The summed E-state index contributed by atoms with van der Waals surface area (Å²) < 4.78 is 29.3. The van der Waals surface area contributed by atoms with E-state index in [0.717, 1.165) is 11.4 Å². The molecule has 0 aliphatic rings. The number of para-hydroxylation sites is 1. The molecule has 0 aliphatic carbocycles. The number of phenolic OH excluding ortho intramolecular Hbond substituents is 1. The number of carbonyl (C=O) groups excluding carboxylic acids is 1. The SMILES string of the molecule is COC(=O)CS(=O)(=O)N(C)C(C)c1ccccc1O. The number of esters is 1. The molecule has 0 fully saturated rings. The molecule has 0 saturated carbocycles. The van der Waals surface area contributed by atoms with Crippen molar-refractivity contribution >= 4 is 16.0 Å². The van der Waals surface area contributed by atoms with Crippen LogP contribution in [0.3, 0.4) is 0 Å². The highest BCUT2D eigenvalue weighted by molar-refractivity contribution is 7.89. The molecule has 0 saturated heterocycles. The third-order valence-corrected chi connectivity index (χ3v) is 4.69. The molecule has 106 valence electrons. The van der Waals surface area contributed by atoms with E-state index in [1.54, 1.807) is 25.1 Å². The Kier molecular flexibility index (Phi) is 4.90. The lowest BCUT2D eigenvalue weighted by Gasteiger charge is -2.24. The average Bonchev–Trinajstić information content (AvgIpc) is 2.37. The number of sulfonamides is 1. The first kappa shape index (κ1) is 15.5. The standard InChI is InChI=1S/C12H17NO5S/c1-9(10-6-4-5-7-11(10)14)13(2)19(16,17)8-12(15)18-3/h4-7,9,14H,8H2,1-3H3. The monoisotopic (exact) mass is 287 g/mol. The van der Waals surface area contributed by atoms with Crippen LogP contribution in [-0.4, -0.2) is 43.7 Å². The summed E-state index contributed by atoms with van der Waals surface area (Å²) in [5.74, 6) is -1.54. The van der Waals surface area contributed by atoms with Gasteiger partial charge in [-0.2, -0.15) is 4.31 Å². The number of methoxy groups -OCH3 is 1. The summed E-state index contributed by atoms with van der Waals surface area (Å²) in [5.41, 5.74) is 0.471. The van der Waals surface area contributed by atoms with Gasteiger partial charge in [-0.25, -0.2) is 8.42 Å². The molecule has 1 aromatic rings. The predicted molar refractivity (Wildman–Crippen MR) is 70.1 cm³/mol. The van der Waals surface area contributed by atoms with Crippen molar-refractivity contribution in [1.82, 2.24) is 4.31 Å². The minimum Gasteiger partial charge on any atom is -0.508 e. The number of nitrogens with zero attached hydrogens (tertiary/aromatic N) is 1. The highest BCUT2D eigenvalue weighted by Crippen LogP contribution is 2.28. The molecule has 7 heteroatoms. The van der Waals surface area contributed by atoms with Gasteiger partial charge < -0.3 is 9.84 Å². The lowest BCUT2D eigenvalue weighted by Crippen LogP contribution is -2.34. The molecule has 1 aromatic carbocycles. The van der Waals surface area contributed by atoms with E-state index in [1.807, 2.05) is 0 Å². The Morgan fingerprint density at radius 3 is 2.53 bits per heavy atom. The molecule has 1 N–H and O–H groups in total. The first-order chi connectivity index (χ1) is 8.79. The number of hydrogen-bond acceptors (Lipinski definition) is 5. The Balaban J connectivity index is 2.97. The van der Waals surface area contributed by atoms with Crippen molar-refractivity contribution in [3.8, 4) is 5.75 Å². The van der Waals surface area contributed by atoms with Gasteiger partial charge in [-0.1, -0.05) is 18.2 Å². The van der Waals surface area contributed by atoms with Crippen LogP contribution in [0.5, 0.6) is 5.75 Å². The van der Waals surface area contributed by atoms with E-state index in [4.69, 9.17) is 0 Å². The smallest absolute Gasteiger partial charge is 0.322 e. The van der Waals surface area contributed by atoms with Crippen molar-refractivity contribution < 1.29 is 23.1 Å². The summed E-state index contributed by atoms with van der Waals surface area (Å²) in [4.78, 5) is 11.1. The van der Waals surface area contributed by atoms with Crippen molar-refractivity contribution in [2.75, 3.05) is 19.9 Å². The molecular formula is C12H17NO5S. The lowest BCUT2D eigenvalue weighted by molar-refractivity contribution is -0.137. The van der Waals surface area contributed by atoms with Gasteiger partial charge >= 0.3 is 5.97 Å². The molecule has 0 heterocycles. The van der Waals surface area contributed by atoms with Crippen molar-refractivity contribution in [3.63, 3.8) is 0 Å². The van der Waals surface area contributed by atoms with Crippen LogP contribution in [0.25, 0.3) is 0 Å². The molecule has 0 aromatic heterocycles. The van der Waals surface area contributed by atoms with Crippen LogP contribution in [0.15, 0.2) is 24.3 Å². The minimum absolute atomic E-state index is 0.00937.